The van der Waals surface area contributed by atoms with Crippen LogP contribution < -0.4 is 5.32 Å². The summed E-state index contributed by atoms with van der Waals surface area (Å²) in [5, 5.41) is 23.5. The van der Waals surface area contributed by atoms with E-state index in [4.69, 9.17) is 34.8 Å². The Morgan fingerprint density at radius 3 is 2.57 bits per heavy atom. The van der Waals surface area contributed by atoms with Gasteiger partial charge in [-0.1, -0.05) is 70.3 Å². The summed E-state index contributed by atoms with van der Waals surface area (Å²) < 4.78 is 0.817. The number of halogens is 3. The molecule has 0 aliphatic heterocycles. The average Bonchev–Trinajstić information content (AvgIpc) is 3.17. The van der Waals surface area contributed by atoms with Crippen LogP contribution in [0.5, 0.6) is 0 Å². The lowest BCUT2D eigenvalue weighted by Gasteiger charge is -2.14. The van der Waals surface area contributed by atoms with E-state index in [0.717, 1.165) is 5.39 Å². The lowest BCUT2D eigenvalue weighted by atomic mass is 10.2. The number of rotatable bonds is 5. The Hall–Kier alpha value is -3.20. The van der Waals surface area contributed by atoms with E-state index in [2.05, 4.69) is 20.6 Å². The van der Waals surface area contributed by atoms with Gasteiger partial charge in [-0.15, -0.1) is 5.10 Å². The van der Waals surface area contributed by atoms with Crippen molar-refractivity contribution in [2.45, 2.75) is 0 Å². The standard InChI is InChI=1S/C19H11Cl3N6O2/c20-15(18(21)22)17(28(29)30)19(27-14-9-2-1-7-12(14)25-26-27)24-13-8-3-5-11-6-4-10-23-16(11)13/h1-10,24H/b19-17+. The number of hydrogen-bond donors (Lipinski definition) is 1. The Kier molecular flexibility index (Phi) is 5.54. The normalized spacial score (nSPS) is 12.0. The van der Waals surface area contributed by atoms with Gasteiger partial charge in [0.2, 0.25) is 5.82 Å². The molecule has 0 unspecified atom stereocenters. The van der Waals surface area contributed by atoms with Gasteiger partial charge in [-0.05, 0) is 24.3 Å². The summed E-state index contributed by atoms with van der Waals surface area (Å²) in [7, 11) is 0. The molecule has 2 aromatic heterocycles. The first-order valence-electron chi connectivity index (χ1n) is 8.49. The molecule has 8 nitrogen and oxygen atoms in total. The number of allylic oxidation sites excluding steroid dienone is 1. The summed E-state index contributed by atoms with van der Waals surface area (Å²) in [5.41, 5.74) is 1.58. The fourth-order valence-corrected chi connectivity index (χ4v) is 3.28. The predicted octanol–water partition coefficient (Wildman–Crippen LogP) is 5.38. The van der Waals surface area contributed by atoms with Crippen LogP contribution in [0.1, 0.15) is 0 Å². The summed E-state index contributed by atoms with van der Waals surface area (Å²) in [6.07, 6.45) is 1.62. The van der Waals surface area contributed by atoms with Crippen molar-refractivity contribution in [3.05, 3.63) is 86.1 Å². The van der Waals surface area contributed by atoms with Crippen molar-refractivity contribution in [1.82, 2.24) is 20.0 Å². The molecule has 11 heteroatoms. The van der Waals surface area contributed by atoms with E-state index in [1.807, 2.05) is 12.1 Å². The second kappa shape index (κ2) is 8.27. The number of nitrogens with one attached hydrogen (secondary N) is 1. The van der Waals surface area contributed by atoms with Crippen molar-refractivity contribution in [2.75, 3.05) is 5.32 Å². The number of pyridine rings is 1. The molecule has 0 atom stereocenters. The van der Waals surface area contributed by atoms with Gasteiger partial charge in [0.15, 0.2) is 5.03 Å². The minimum Gasteiger partial charge on any atom is -0.333 e. The number of aromatic nitrogens is 4. The molecular weight excluding hydrogens is 451 g/mol. The first kappa shape index (κ1) is 20.1. The summed E-state index contributed by atoms with van der Waals surface area (Å²) in [6.45, 7) is 0. The number of para-hydroxylation sites is 2. The lowest BCUT2D eigenvalue weighted by Crippen LogP contribution is -2.16. The number of nitrogens with zero attached hydrogens (tertiary/aromatic N) is 5. The zero-order valence-corrected chi connectivity index (χ0v) is 17.2. The molecule has 150 valence electrons. The number of hydrogen-bond acceptors (Lipinski definition) is 6. The van der Waals surface area contributed by atoms with Crippen molar-refractivity contribution in [3.63, 3.8) is 0 Å². The molecule has 4 aromatic rings. The second-order valence-electron chi connectivity index (χ2n) is 6.02. The van der Waals surface area contributed by atoms with Gasteiger partial charge in [-0.3, -0.25) is 15.1 Å². The maximum Gasteiger partial charge on any atom is 0.332 e. The molecule has 0 saturated carbocycles. The highest BCUT2D eigenvalue weighted by atomic mass is 35.5. The smallest absolute Gasteiger partial charge is 0.332 e. The molecule has 2 aromatic carbocycles. The fraction of sp³-hybridized carbons (Fsp3) is 0. The van der Waals surface area contributed by atoms with Crippen molar-refractivity contribution in [1.29, 1.82) is 0 Å². The molecule has 0 aliphatic carbocycles. The molecule has 0 spiro atoms. The molecule has 1 N–H and O–H groups in total. The molecule has 0 fully saturated rings. The number of anilines is 1. The molecule has 0 amide bonds. The summed E-state index contributed by atoms with van der Waals surface area (Å²) in [5.74, 6) is -0.0874. The maximum absolute atomic E-state index is 12.0. The third-order valence-corrected chi connectivity index (χ3v) is 5.17. The summed E-state index contributed by atoms with van der Waals surface area (Å²) in [6, 6.07) is 16.1. The minimum absolute atomic E-state index is 0.0874. The van der Waals surface area contributed by atoms with Crippen LogP contribution >= 0.6 is 34.8 Å². The van der Waals surface area contributed by atoms with Crippen molar-refractivity contribution >= 4 is 68.2 Å². The minimum atomic E-state index is -0.690. The molecule has 0 radical (unpaired) electrons. The van der Waals surface area contributed by atoms with Gasteiger partial charge in [-0.2, -0.15) is 4.68 Å². The molecule has 4 rings (SSSR count). The van der Waals surface area contributed by atoms with Crippen LogP contribution in [0, 0.1) is 10.1 Å². The Bertz CT molecular complexity index is 1340. The number of fused-ring (bicyclic) bond motifs is 2. The third kappa shape index (κ3) is 3.68. The monoisotopic (exact) mass is 460 g/mol. The molecule has 0 bridgehead atoms. The molecule has 2 heterocycles. The van der Waals surface area contributed by atoms with Crippen LogP contribution in [0.3, 0.4) is 0 Å². The SMILES string of the molecule is O=[N+]([O-])/C(C(Cl)=C(Cl)Cl)=C(\Nc1cccc2cccnc12)n1nnc2ccccc21. The van der Waals surface area contributed by atoms with Gasteiger partial charge in [0.25, 0.3) is 0 Å². The highest BCUT2D eigenvalue weighted by Crippen LogP contribution is 2.32. The Morgan fingerprint density at radius 1 is 1.03 bits per heavy atom. The van der Waals surface area contributed by atoms with E-state index in [1.54, 1.807) is 48.7 Å². The van der Waals surface area contributed by atoms with Crippen molar-refractivity contribution in [3.8, 4) is 0 Å². The van der Waals surface area contributed by atoms with E-state index < -0.39 is 20.1 Å². The van der Waals surface area contributed by atoms with Crippen molar-refractivity contribution < 1.29 is 4.92 Å². The topological polar surface area (TPSA) is 98.8 Å². The number of nitro groups is 1. The molecular formula is C19H11Cl3N6O2. The second-order valence-corrected chi connectivity index (χ2v) is 7.35. The summed E-state index contributed by atoms with van der Waals surface area (Å²) >= 11 is 17.7. The van der Waals surface area contributed by atoms with E-state index in [1.165, 1.54) is 4.68 Å². The van der Waals surface area contributed by atoms with Gasteiger partial charge in [0, 0.05) is 11.6 Å². The highest BCUT2D eigenvalue weighted by Gasteiger charge is 2.29. The maximum atomic E-state index is 12.0. The predicted molar refractivity (Wildman–Crippen MR) is 118 cm³/mol. The third-order valence-electron chi connectivity index (χ3n) is 4.23. The van der Waals surface area contributed by atoms with E-state index in [0.29, 0.717) is 22.2 Å². The van der Waals surface area contributed by atoms with E-state index >= 15 is 0 Å². The van der Waals surface area contributed by atoms with Crippen LogP contribution in [0.2, 0.25) is 0 Å². The zero-order chi connectivity index (χ0) is 21.3. The number of benzene rings is 2. The van der Waals surface area contributed by atoms with E-state index in [9.17, 15) is 10.1 Å². The van der Waals surface area contributed by atoms with Gasteiger partial charge >= 0.3 is 5.70 Å². The van der Waals surface area contributed by atoms with Gasteiger partial charge < -0.3 is 5.32 Å². The van der Waals surface area contributed by atoms with Gasteiger partial charge in [0.05, 0.1) is 21.6 Å². The summed E-state index contributed by atoms with van der Waals surface area (Å²) in [4.78, 5) is 15.6. The Balaban J connectivity index is 2.02. The van der Waals surface area contributed by atoms with Crippen LogP contribution in [0.4, 0.5) is 5.69 Å². The Morgan fingerprint density at radius 2 is 1.80 bits per heavy atom. The molecule has 0 saturated heterocycles. The molecule has 0 aliphatic rings. The molecule has 30 heavy (non-hydrogen) atoms. The van der Waals surface area contributed by atoms with Crippen LogP contribution in [-0.2, 0) is 0 Å². The highest BCUT2D eigenvalue weighted by molar-refractivity contribution is 6.59. The van der Waals surface area contributed by atoms with Crippen LogP contribution in [0.25, 0.3) is 27.8 Å². The lowest BCUT2D eigenvalue weighted by molar-refractivity contribution is -0.419. The fourth-order valence-electron chi connectivity index (χ4n) is 2.94. The van der Waals surface area contributed by atoms with Crippen molar-refractivity contribution in [2.24, 2.45) is 0 Å². The first-order chi connectivity index (χ1) is 14.5. The Labute approximate surface area is 184 Å². The zero-order valence-electron chi connectivity index (χ0n) is 15.0. The quantitative estimate of drug-likeness (QED) is 0.243. The largest absolute Gasteiger partial charge is 0.333 e. The van der Waals surface area contributed by atoms with Gasteiger partial charge in [0.1, 0.15) is 10.0 Å². The van der Waals surface area contributed by atoms with Crippen LogP contribution in [-0.4, -0.2) is 24.9 Å². The first-order valence-corrected chi connectivity index (χ1v) is 9.62. The van der Waals surface area contributed by atoms with E-state index in [-0.39, 0.29) is 5.82 Å². The van der Waals surface area contributed by atoms with Crippen LogP contribution in [0.15, 0.2) is 76.0 Å². The average molecular weight is 462 g/mol. The van der Waals surface area contributed by atoms with Gasteiger partial charge in [-0.25, -0.2) is 0 Å².